The van der Waals surface area contributed by atoms with Crippen LogP contribution in [0.1, 0.15) is 50.0 Å². The first-order valence-electron chi connectivity index (χ1n) is 12.6. The third-order valence-electron chi connectivity index (χ3n) is 6.57. The zero-order valence-electron chi connectivity index (χ0n) is 21.9. The smallest absolute Gasteiger partial charge is 0.266 e. The van der Waals surface area contributed by atoms with Gasteiger partial charge in [-0.1, -0.05) is 55.8 Å². The van der Waals surface area contributed by atoms with Gasteiger partial charge in [0.1, 0.15) is 17.0 Å². The maximum atomic E-state index is 13.9. The molecule has 1 heterocycles. The Balaban J connectivity index is 1.88. The van der Waals surface area contributed by atoms with E-state index in [1.54, 1.807) is 59.0 Å². The zero-order valence-corrected chi connectivity index (χ0v) is 23.4. The number of hydrogen-bond acceptors (Lipinski definition) is 4. The van der Waals surface area contributed by atoms with Crippen LogP contribution in [0.5, 0.6) is 5.75 Å². The number of fused-ring (bicyclic) bond motifs is 1. The summed E-state index contributed by atoms with van der Waals surface area (Å²) in [5.74, 6) is 1.20. The predicted octanol–water partition coefficient (Wildman–Crippen LogP) is 6.96. The number of alkyl halides is 1. The first kappa shape index (κ1) is 27.7. The van der Waals surface area contributed by atoms with E-state index in [1.807, 2.05) is 37.3 Å². The first-order valence-corrected chi connectivity index (χ1v) is 13.4. The van der Waals surface area contributed by atoms with Crippen LogP contribution in [0.2, 0.25) is 5.02 Å². The van der Waals surface area contributed by atoms with Crippen molar-refractivity contribution in [1.82, 2.24) is 14.5 Å². The van der Waals surface area contributed by atoms with Crippen molar-refractivity contribution in [3.05, 3.63) is 99.6 Å². The van der Waals surface area contributed by atoms with E-state index in [0.29, 0.717) is 51.2 Å². The first-order chi connectivity index (χ1) is 18.2. The molecule has 38 heavy (non-hydrogen) atoms. The lowest BCUT2D eigenvalue weighted by Crippen LogP contribution is -2.40. The monoisotopic (exact) mass is 551 g/mol. The second-order valence-corrected chi connectivity index (χ2v) is 10.5. The molecule has 8 heteroatoms. The third kappa shape index (κ3) is 5.87. The molecule has 0 saturated carbocycles. The molecule has 4 aromatic rings. The van der Waals surface area contributed by atoms with Crippen LogP contribution in [0.25, 0.3) is 16.6 Å². The van der Waals surface area contributed by atoms with E-state index in [2.05, 4.69) is 13.8 Å². The molecule has 0 spiro atoms. The van der Waals surface area contributed by atoms with Crippen LogP contribution < -0.4 is 10.3 Å². The van der Waals surface area contributed by atoms with Crippen LogP contribution in [-0.2, 0) is 4.79 Å². The Morgan fingerprint density at radius 2 is 1.71 bits per heavy atom. The molecule has 0 bridgehead atoms. The van der Waals surface area contributed by atoms with Gasteiger partial charge in [-0.05, 0) is 67.3 Å². The standard InChI is InChI=1S/C30H31Cl2N3O3/c1-19(2)16-17-34(30(37)27(32)21-8-6-5-7-9-21)20(3)28-33-26-18-22(31)10-15-25(26)29(36)35(28)23-11-13-24(38-4)14-12-23/h5-15,18-20,27H,16-17H2,1-4H3. The zero-order chi connectivity index (χ0) is 27.4. The van der Waals surface area contributed by atoms with E-state index in [0.717, 1.165) is 6.42 Å². The molecule has 0 fully saturated rings. The maximum Gasteiger partial charge on any atom is 0.266 e. The van der Waals surface area contributed by atoms with Gasteiger partial charge in [0.2, 0.25) is 5.91 Å². The molecular weight excluding hydrogens is 521 g/mol. The number of halogens is 2. The fourth-order valence-corrected chi connectivity index (χ4v) is 4.82. The number of carbonyl (C=O) groups is 1. The van der Waals surface area contributed by atoms with Crippen LogP contribution in [0.15, 0.2) is 77.6 Å². The highest BCUT2D eigenvalue weighted by Crippen LogP contribution is 2.30. The number of amides is 1. The number of aromatic nitrogens is 2. The van der Waals surface area contributed by atoms with E-state index in [1.165, 1.54) is 0 Å². The maximum absolute atomic E-state index is 13.9. The molecule has 1 aromatic heterocycles. The summed E-state index contributed by atoms with van der Waals surface area (Å²) in [6, 6.07) is 20.9. The topological polar surface area (TPSA) is 64.4 Å². The SMILES string of the molecule is COc1ccc(-n2c(C(C)N(CCC(C)C)C(=O)C(Cl)c3ccccc3)nc3cc(Cl)ccc3c2=O)cc1. The van der Waals surface area contributed by atoms with Crippen molar-refractivity contribution in [3.63, 3.8) is 0 Å². The van der Waals surface area contributed by atoms with E-state index in [9.17, 15) is 9.59 Å². The summed E-state index contributed by atoms with van der Waals surface area (Å²) in [5.41, 5.74) is 1.55. The molecule has 0 radical (unpaired) electrons. The van der Waals surface area contributed by atoms with E-state index >= 15 is 0 Å². The van der Waals surface area contributed by atoms with Crippen LogP contribution >= 0.6 is 23.2 Å². The Morgan fingerprint density at radius 3 is 2.34 bits per heavy atom. The van der Waals surface area contributed by atoms with Crippen molar-refractivity contribution in [3.8, 4) is 11.4 Å². The number of methoxy groups -OCH3 is 1. The number of nitrogens with zero attached hydrogens (tertiary/aromatic N) is 3. The van der Waals surface area contributed by atoms with Crippen molar-refractivity contribution in [2.45, 2.75) is 38.6 Å². The van der Waals surface area contributed by atoms with Gasteiger partial charge in [-0.25, -0.2) is 4.98 Å². The predicted molar refractivity (Wildman–Crippen MR) is 154 cm³/mol. The summed E-state index contributed by atoms with van der Waals surface area (Å²) in [6.07, 6.45) is 0.765. The molecule has 0 N–H and O–H groups in total. The van der Waals surface area contributed by atoms with Crippen molar-refractivity contribution < 1.29 is 9.53 Å². The minimum atomic E-state index is -0.873. The normalized spacial score (nSPS) is 12.9. The summed E-state index contributed by atoms with van der Waals surface area (Å²) in [7, 11) is 1.59. The highest BCUT2D eigenvalue weighted by molar-refractivity contribution is 6.31. The van der Waals surface area contributed by atoms with Gasteiger partial charge in [-0.15, -0.1) is 11.6 Å². The Hall–Kier alpha value is -3.35. The summed E-state index contributed by atoms with van der Waals surface area (Å²) in [4.78, 5) is 34.3. The molecule has 0 saturated heterocycles. The lowest BCUT2D eigenvalue weighted by Gasteiger charge is -2.32. The Labute approximate surface area is 232 Å². The summed E-state index contributed by atoms with van der Waals surface area (Å²) in [6.45, 7) is 6.54. The molecule has 3 aromatic carbocycles. The van der Waals surface area contributed by atoms with Gasteiger partial charge in [0, 0.05) is 11.6 Å². The van der Waals surface area contributed by atoms with Gasteiger partial charge in [-0.2, -0.15) is 0 Å². The molecule has 0 aliphatic heterocycles. The van der Waals surface area contributed by atoms with E-state index in [-0.39, 0.29) is 11.5 Å². The molecule has 0 aliphatic rings. The van der Waals surface area contributed by atoms with E-state index in [4.69, 9.17) is 32.9 Å². The second kappa shape index (κ2) is 12.0. The quantitative estimate of drug-likeness (QED) is 0.211. The van der Waals surface area contributed by atoms with Gasteiger partial charge in [0.25, 0.3) is 5.56 Å². The van der Waals surface area contributed by atoms with Crippen LogP contribution in [-0.4, -0.2) is 34.0 Å². The molecule has 2 unspecified atom stereocenters. The lowest BCUT2D eigenvalue weighted by atomic mass is 10.1. The van der Waals surface area contributed by atoms with Gasteiger partial charge >= 0.3 is 0 Å². The molecule has 198 valence electrons. The van der Waals surface area contributed by atoms with Gasteiger partial charge in [0.15, 0.2) is 0 Å². The van der Waals surface area contributed by atoms with Gasteiger partial charge < -0.3 is 9.64 Å². The fraction of sp³-hybridized carbons (Fsp3) is 0.300. The average molecular weight is 553 g/mol. The highest BCUT2D eigenvalue weighted by Gasteiger charge is 2.31. The largest absolute Gasteiger partial charge is 0.497 e. The van der Waals surface area contributed by atoms with E-state index < -0.39 is 11.4 Å². The van der Waals surface area contributed by atoms with Crippen molar-refractivity contribution in [1.29, 1.82) is 0 Å². The summed E-state index contributed by atoms with van der Waals surface area (Å²) < 4.78 is 6.86. The number of carbonyl (C=O) groups excluding carboxylic acids is 1. The van der Waals surface area contributed by atoms with Crippen LogP contribution in [0.4, 0.5) is 0 Å². The lowest BCUT2D eigenvalue weighted by molar-refractivity contribution is -0.133. The van der Waals surface area contributed by atoms with Gasteiger partial charge in [0.05, 0.1) is 29.7 Å². The van der Waals surface area contributed by atoms with Crippen molar-refractivity contribution in [2.75, 3.05) is 13.7 Å². The van der Waals surface area contributed by atoms with Crippen LogP contribution in [0.3, 0.4) is 0 Å². The third-order valence-corrected chi connectivity index (χ3v) is 7.24. The summed E-state index contributed by atoms with van der Waals surface area (Å²) >= 11 is 13.0. The van der Waals surface area contributed by atoms with Crippen molar-refractivity contribution >= 4 is 40.0 Å². The number of rotatable bonds is 9. The Morgan fingerprint density at radius 1 is 1.03 bits per heavy atom. The molecule has 4 rings (SSSR count). The molecular formula is C30H31Cl2N3O3. The Bertz CT molecular complexity index is 1470. The summed E-state index contributed by atoms with van der Waals surface area (Å²) in [5, 5.41) is 0.0328. The number of benzene rings is 3. The Kier molecular flexibility index (Phi) is 8.75. The van der Waals surface area contributed by atoms with Crippen molar-refractivity contribution in [2.24, 2.45) is 5.92 Å². The molecule has 1 amide bonds. The van der Waals surface area contributed by atoms with Crippen LogP contribution in [0, 0.1) is 5.92 Å². The molecule has 0 aliphatic carbocycles. The average Bonchev–Trinajstić information content (AvgIpc) is 2.92. The number of hydrogen-bond donors (Lipinski definition) is 0. The number of ether oxygens (including phenoxy) is 1. The second-order valence-electron chi connectivity index (χ2n) is 9.63. The molecule has 2 atom stereocenters. The fourth-order valence-electron chi connectivity index (χ4n) is 4.38. The minimum absolute atomic E-state index is 0.243. The minimum Gasteiger partial charge on any atom is -0.497 e. The highest BCUT2D eigenvalue weighted by atomic mass is 35.5. The molecule has 6 nitrogen and oxygen atoms in total. The van der Waals surface area contributed by atoms with Gasteiger partial charge in [-0.3, -0.25) is 14.2 Å².